The normalized spacial score (nSPS) is 24.1. The summed E-state index contributed by atoms with van der Waals surface area (Å²) in [7, 11) is 5.98. The van der Waals surface area contributed by atoms with Gasteiger partial charge in [0.1, 0.15) is 5.75 Å². The van der Waals surface area contributed by atoms with Gasteiger partial charge in [-0.2, -0.15) is 0 Å². The SMILES string of the molecule is COc1ccccc1C1CN(C(=O)C2CCN(C)CC2)CCN1C. The van der Waals surface area contributed by atoms with Crippen molar-refractivity contribution in [3.05, 3.63) is 29.8 Å². The van der Waals surface area contributed by atoms with Crippen molar-refractivity contribution in [3.8, 4) is 5.75 Å². The number of piperidine rings is 1. The van der Waals surface area contributed by atoms with E-state index in [0.717, 1.165) is 51.3 Å². The number of piperazine rings is 1. The molecule has 2 fully saturated rings. The van der Waals surface area contributed by atoms with Gasteiger partial charge in [-0.05, 0) is 46.1 Å². The van der Waals surface area contributed by atoms with Gasteiger partial charge in [-0.15, -0.1) is 0 Å². The third-order valence-electron chi connectivity index (χ3n) is 5.53. The number of carbonyl (C=O) groups excluding carboxylic acids is 1. The highest BCUT2D eigenvalue weighted by atomic mass is 16.5. The van der Waals surface area contributed by atoms with Crippen LogP contribution in [0.3, 0.4) is 0 Å². The van der Waals surface area contributed by atoms with Crippen molar-refractivity contribution in [1.29, 1.82) is 0 Å². The average Bonchev–Trinajstić information content (AvgIpc) is 2.62. The molecule has 2 saturated heterocycles. The molecular weight excluding hydrogens is 302 g/mol. The number of rotatable bonds is 3. The van der Waals surface area contributed by atoms with Crippen LogP contribution in [0, 0.1) is 5.92 Å². The number of hydrogen-bond donors (Lipinski definition) is 0. The monoisotopic (exact) mass is 331 g/mol. The Morgan fingerprint density at radius 2 is 1.79 bits per heavy atom. The van der Waals surface area contributed by atoms with E-state index in [9.17, 15) is 4.79 Å². The number of carbonyl (C=O) groups is 1. The van der Waals surface area contributed by atoms with E-state index in [1.165, 1.54) is 5.56 Å². The molecule has 1 aromatic carbocycles. The predicted molar refractivity (Wildman–Crippen MR) is 95.2 cm³/mol. The number of ether oxygens (including phenoxy) is 1. The molecule has 5 nitrogen and oxygen atoms in total. The number of likely N-dealkylation sites (tertiary alicyclic amines) is 1. The topological polar surface area (TPSA) is 36.0 Å². The minimum absolute atomic E-state index is 0.197. The number of amides is 1. The van der Waals surface area contributed by atoms with E-state index in [2.05, 4.69) is 34.9 Å². The van der Waals surface area contributed by atoms with Gasteiger partial charge in [0.25, 0.3) is 0 Å². The van der Waals surface area contributed by atoms with Crippen molar-refractivity contribution in [2.45, 2.75) is 18.9 Å². The van der Waals surface area contributed by atoms with E-state index >= 15 is 0 Å². The molecule has 1 atom stereocenters. The molecule has 0 radical (unpaired) electrons. The molecule has 5 heteroatoms. The number of benzene rings is 1. The summed E-state index contributed by atoms with van der Waals surface area (Å²) in [4.78, 5) is 19.7. The maximum atomic E-state index is 13.0. The van der Waals surface area contributed by atoms with Crippen LogP contribution in [-0.4, -0.2) is 74.5 Å². The summed E-state index contributed by atoms with van der Waals surface area (Å²) in [6.45, 7) is 4.54. The molecule has 0 bridgehead atoms. The van der Waals surface area contributed by atoms with Gasteiger partial charge in [-0.1, -0.05) is 18.2 Å². The van der Waals surface area contributed by atoms with Crippen LogP contribution in [0.2, 0.25) is 0 Å². The van der Waals surface area contributed by atoms with Crippen molar-refractivity contribution < 1.29 is 9.53 Å². The Balaban J connectivity index is 1.72. The summed E-state index contributed by atoms with van der Waals surface area (Å²) >= 11 is 0. The standard InChI is InChI=1S/C19H29N3O2/c1-20-10-8-15(9-11-20)19(23)22-13-12-21(2)17(14-22)16-6-4-5-7-18(16)24-3/h4-7,15,17H,8-14H2,1-3H3. The lowest BCUT2D eigenvalue weighted by molar-refractivity contribution is -0.139. The van der Waals surface area contributed by atoms with Gasteiger partial charge in [-0.3, -0.25) is 9.69 Å². The number of likely N-dealkylation sites (N-methyl/N-ethyl adjacent to an activating group) is 1. The summed E-state index contributed by atoms with van der Waals surface area (Å²) in [5.74, 6) is 1.45. The summed E-state index contributed by atoms with van der Waals surface area (Å²) < 4.78 is 5.54. The summed E-state index contributed by atoms with van der Waals surface area (Å²) in [6, 6.07) is 8.35. The molecule has 1 aromatic rings. The quantitative estimate of drug-likeness (QED) is 0.847. The summed E-state index contributed by atoms with van der Waals surface area (Å²) in [6.07, 6.45) is 1.97. The van der Waals surface area contributed by atoms with Crippen molar-refractivity contribution in [1.82, 2.24) is 14.7 Å². The van der Waals surface area contributed by atoms with Gasteiger partial charge in [0.2, 0.25) is 5.91 Å². The molecule has 1 amide bonds. The maximum Gasteiger partial charge on any atom is 0.225 e. The second kappa shape index (κ2) is 7.53. The number of methoxy groups -OCH3 is 1. The van der Waals surface area contributed by atoms with Gasteiger partial charge in [0, 0.05) is 31.1 Å². The lowest BCUT2D eigenvalue weighted by Crippen LogP contribution is -2.51. The zero-order valence-electron chi connectivity index (χ0n) is 15.1. The third-order valence-corrected chi connectivity index (χ3v) is 5.53. The molecule has 2 aliphatic heterocycles. The van der Waals surface area contributed by atoms with Crippen molar-refractivity contribution in [3.63, 3.8) is 0 Å². The predicted octanol–water partition coefficient (Wildman–Crippen LogP) is 1.85. The zero-order chi connectivity index (χ0) is 17.1. The number of hydrogen-bond acceptors (Lipinski definition) is 4. The molecule has 1 unspecified atom stereocenters. The fourth-order valence-corrected chi connectivity index (χ4v) is 3.87. The van der Waals surface area contributed by atoms with Gasteiger partial charge < -0.3 is 14.5 Å². The van der Waals surface area contributed by atoms with Crippen LogP contribution in [0.5, 0.6) is 5.75 Å². The Morgan fingerprint density at radius 1 is 1.08 bits per heavy atom. The van der Waals surface area contributed by atoms with Gasteiger partial charge >= 0.3 is 0 Å². The summed E-state index contributed by atoms with van der Waals surface area (Å²) in [5, 5.41) is 0. The highest BCUT2D eigenvalue weighted by Crippen LogP contribution is 2.32. The van der Waals surface area contributed by atoms with Crippen LogP contribution in [0.25, 0.3) is 0 Å². The van der Waals surface area contributed by atoms with E-state index in [1.807, 2.05) is 18.2 Å². The number of nitrogens with zero attached hydrogens (tertiary/aromatic N) is 3. The number of para-hydroxylation sites is 1. The molecule has 24 heavy (non-hydrogen) atoms. The molecule has 0 aromatic heterocycles. The second-order valence-corrected chi connectivity index (χ2v) is 7.10. The first-order chi connectivity index (χ1) is 11.6. The Kier molecular flexibility index (Phi) is 5.41. The van der Waals surface area contributed by atoms with Crippen LogP contribution < -0.4 is 4.74 Å². The third kappa shape index (κ3) is 3.57. The molecular formula is C19H29N3O2. The van der Waals surface area contributed by atoms with Crippen LogP contribution in [0.1, 0.15) is 24.4 Å². The van der Waals surface area contributed by atoms with Gasteiger partial charge in [-0.25, -0.2) is 0 Å². The van der Waals surface area contributed by atoms with Crippen molar-refractivity contribution >= 4 is 5.91 Å². The van der Waals surface area contributed by atoms with Crippen LogP contribution in [0.15, 0.2) is 24.3 Å². The average molecular weight is 331 g/mol. The van der Waals surface area contributed by atoms with E-state index in [4.69, 9.17) is 4.74 Å². The van der Waals surface area contributed by atoms with Crippen LogP contribution >= 0.6 is 0 Å². The minimum atomic E-state index is 0.197. The molecule has 3 rings (SSSR count). The molecule has 0 N–H and O–H groups in total. The zero-order valence-corrected chi connectivity index (χ0v) is 15.1. The first kappa shape index (κ1) is 17.2. The fourth-order valence-electron chi connectivity index (χ4n) is 3.87. The van der Waals surface area contributed by atoms with Gasteiger partial charge in [0.05, 0.1) is 13.2 Å². The smallest absolute Gasteiger partial charge is 0.225 e. The summed E-state index contributed by atoms with van der Waals surface area (Å²) in [5.41, 5.74) is 1.17. The van der Waals surface area contributed by atoms with E-state index in [-0.39, 0.29) is 12.0 Å². The first-order valence-corrected chi connectivity index (χ1v) is 8.90. The molecule has 2 heterocycles. The highest BCUT2D eigenvalue weighted by molar-refractivity contribution is 5.79. The molecule has 2 aliphatic rings. The van der Waals surface area contributed by atoms with Crippen LogP contribution in [-0.2, 0) is 4.79 Å². The maximum absolute atomic E-state index is 13.0. The van der Waals surface area contributed by atoms with E-state index in [0.29, 0.717) is 5.91 Å². The second-order valence-electron chi connectivity index (χ2n) is 7.10. The van der Waals surface area contributed by atoms with Crippen molar-refractivity contribution in [2.24, 2.45) is 5.92 Å². The fraction of sp³-hybridized carbons (Fsp3) is 0.632. The minimum Gasteiger partial charge on any atom is -0.496 e. The first-order valence-electron chi connectivity index (χ1n) is 8.90. The van der Waals surface area contributed by atoms with E-state index < -0.39 is 0 Å². The lowest BCUT2D eigenvalue weighted by atomic mass is 9.94. The Bertz CT molecular complexity index is 569. The molecule has 0 aliphatic carbocycles. The Morgan fingerprint density at radius 3 is 2.50 bits per heavy atom. The lowest BCUT2D eigenvalue weighted by Gasteiger charge is -2.42. The van der Waals surface area contributed by atoms with Gasteiger partial charge in [0.15, 0.2) is 0 Å². The van der Waals surface area contributed by atoms with Crippen LogP contribution in [0.4, 0.5) is 0 Å². The highest BCUT2D eigenvalue weighted by Gasteiger charge is 2.33. The Hall–Kier alpha value is -1.59. The Labute approximate surface area is 145 Å². The molecule has 0 saturated carbocycles. The van der Waals surface area contributed by atoms with Crippen molar-refractivity contribution in [2.75, 3.05) is 53.9 Å². The largest absolute Gasteiger partial charge is 0.496 e. The van der Waals surface area contributed by atoms with E-state index in [1.54, 1.807) is 7.11 Å². The molecule has 132 valence electrons. The molecule has 0 spiro atoms.